The molecular weight excluding hydrogens is 228 g/mol. The first-order valence-electron chi connectivity index (χ1n) is 6.73. The first kappa shape index (κ1) is 11.8. The topological polar surface area (TPSA) is 56.3 Å². The molecule has 2 aliphatic rings. The summed E-state index contributed by atoms with van der Waals surface area (Å²) in [7, 11) is 1.90. The number of carbonyl (C=O) groups is 1. The zero-order valence-electron chi connectivity index (χ0n) is 10.7. The number of aromatic amines is 1. The third kappa shape index (κ3) is 1.94. The van der Waals surface area contributed by atoms with Crippen LogP contribution in [0.25, 0.3) is 0 Å². The normalized spacial score (nSPS) is 34.6. The number of aromatic nitrogens is 1. The third-order valence-electron chi connectivity index (χ3n) is 4.68. The summed E-state index contributed by atoms with van der Waals surface area (Å²) >= 11 is 0. The number of nitrogens with one attached hydrogen (secondary N) is 1. The molecule has 2 aliphatic carbocycles. The van der Waals surface area contributed by atoms with E-state index in [-0.39, 0.29) is 12.0 Å². The van der Waals surface area contributed by atoms with Gasteiger partial charge in [0, 0.05) is 25.5 Å². The molecule has 1 heterocycles. The molecule has 2 saturated carbocycles. The molecule has 4 heteroatoms. The fraction of sp³-hybridized carbons (Fsp3) is 0.643. The molecule has 0 aliphatic heterocycles. The first-order valence-corrected chi connectivity index (χ1v) is 6.73. The van der Waals surface area contributed by atoms with Gasteiger partial charge in [-0.3, -0.25) is 4.79 Å². The van der Waals surface area contributed by atoms with E-state index in [2.05, 4.69) is 4.98 Å². The lowest BCUT2D eigenvalue weighted by Gasteiger charge is -2.25. The number of nitrogens with zero attached hydrogens (tertiary/aromatic N) is 1. The van der Waals surface area contributed by atoms with E-state index in [0.717, 1.165) is 31.2 Å². The Kier molecular flexibility index (Phi) is 2.90. The van der Waals surface area contributed by atoms with E-state index >= 15 is 0 Å². The summed E-state index contributed by atoms with van der Waals surface area (Å²) < 4.78 is 0. The van der Waals surface area contributed by atoms with E-state index < -0.39 is 0 Å². The fourth-order valence-corrected chi connectivity index (χ4v) is 3.70. The SMILES string of the molecule is CN(C(=O)c1cc[nH]c1)C1C[C@H]2CC(O)C[C@H]2C1. The number of aliphatic hydroxyl groups excluding tert-OH is 1. The van der Waals surface area contributed by atoms with Gasteiger partial charge in [-0.2, -0.15) is 0 Å². The Morgan fingerprint density at radius 3 is 2.56 bits per heavy atom. The summed E-state index contributed by atoms with van der Waals surface area (Å²) in [5, 5.41) is 9.63. The van der Waals surface area contributed by atoms with Crippen molar-refractivity contribution in [3.05, 3.63) is 24.0 Å². The lowest BCUT2D eigenvalue weighted by molar-refractivity contribution is 0.0722. The summed E-state index contributed by atoms with van der Waals surface area (Å²) in [6.07, 6.45) is 7.37. The monoisotopic (exact) mass is 248 g/mol. The van der Waals surface area contributed by atoms with Crippen LogP contribution in [0, 0.1) is 11.8 Å². The van der Waals surface area contributed by atoms with Crippen molar-refractivity contribution in [2.75, 3.05) is 7.05 Å². The highest BCUT2D eigenvalue weighted by Crippen LogP contribution is 2.45. The second-order valence-electron chi connectivity index (χ2n) is 5.79. The van der Waals surface area contributed by atoms with Crippen molar-refractivity contribution < 1.29 is 9.90 Å². The first-order chi connectivity index (χ1) is 8.65. The van der Waals surface area contributed by atoms with Crippen molar-refractivity contribution >= 4 is 5.91 Å². The van der Waals surface area contributed by atoms with Crippen LogP contribution in [0.1, 0.15) is 36.0 Å². The van der Waals surface area contributed by atoms with Crippen LogP contribution >= 0.6 is 0 Å². The molecule has 0 saturated heterocycles. The average molecular weight is 248 g/mol. The van der Waals surface area contributed by atoms with Gasteiger partial charge in [-0.05, 0) is 43.6 Å². The summed E-state index contributed by atoms with van der Waals surface area (Å²) in [6.45, 7) is 0. The van der Waals surface area contributed by atoms with Gasteiger partial charge in [0.05, 0.1) is 11.7 Å². The van der Waals surface area contributed by atoms with E-state index in [9.17, 15) is 9.90 Å². The van der Waals surface area contributed by atoms with Gasteiger partial charge in [-0.25, -0.2) is 0 Å². The van der Waals surface area contributed by atoms with Crippen LogP contribution in [-0.4, -0.2) is 40.1 Å². The van der Waals surface area contributed by atoms with E-state index in [1.165, 1.54) is 0 Å². The Balaban J connectivity index is 1.65. The van der Waals surface area contributed by atoms with Gasteiger partial charge in [-0.1, -0.05) is 0 Å². The molecule has 2 N–H and O–H groups in total. The maximum Gasteiger partial charge on any atom is 0.255 e. The fourth-order valence-electron chi connectivity index (χ4n) is 3.70. The summed E-state index contributed by atoms with van der Waals surface area (Å²) in [5.74, 6) is 1.33. The second-order valence-corrected chi connectivity index (χ2v) is 5.79. The van der Waals surface area contributed by atoms with Gasteiger partial charge < -0.3 is 15.0 Å². The number of fused-ring (bicyclic) bond motifs is 1. The third-order valence-corrected chi connectivity index (χ3v) is 4.68. The van der Waals surface area contributed by atoms with Crippen LogP contribution in [-0.2, 0) is 0 Å². The standard InChI is InChI=1S/C14H20N2O2/c1-16(14(18)9-2-3-15-8-9)12-4-10-6-13(17)7-11(10)5-12/h2-3,8,10-13,15,17H,4-7H2,1H3/t10-,11+,12?,13?. The van der Waals surface area contributed by atoms with Crippen molar-refractivity contribution in [1.82, 2.24) is 9.88 Å². The van der Waals surface area contributed by atoms with Crippen LogP contribution in [0.2, 0.25) is 0 Å². The van der Waals surface area contributed by atoms with Crippen molar-refractivity contribution in [3.63, 3.8) is 0 Å². The molecule has 18 heavy (non-hydrogen) atoms. The molecule has 0 spiro atoms. The Labute approximate surface area is 107 Å². The number of hydrogen-bond donors (Lipinski definition) is 2. The summed E-state index contributed by atoms with van der Waals surface area (Å²) in [4.78, 5) is 17.0. The smallest absolute Gasteiger partial charge is 0.255 e. The largest absolute Gasteiger partial charge is 0.393 e. The molecule has 1 aromatic rings. The Morgan fingerprint density at radius 1 is 1.33 bits per heavy atom. The van der Waals surface area contributed by atoms with Crippen LogP contribution in [0.4, 0.5) is 0 Å². The minimum absolute atomic E-state index is 0.0989. The quantitative estimate of drug-likeness (QED) is 0.836. The van der Waals surface area contributed by atoms with Crippen LogP contribution in [0.3, 0.4) is 0 Å². The predicted molar refractivity (Wildman–Crippen MR) is 68.1 cm³/mol. The number of hydrogen-bond acceptors (Lipinski definition) is 2. The molecule has 2 unspecified atom stereocenters. The molecule has 0 bridgehead atoms. The van der Waals surface area contributed by atoms with Gasteiger partial charge in [0.1, 0.15) is 0 Å². The minimum Gasteiger partial charge on any atom is -0.393 e. The maximum absolute atomic E-state index is 12.2. The van der Waals surface area contributed by atoms with Crippen molar-refractivity contribution in [3.8, 4) is 0 Å². The Bertz CT molecular complexity index is 415. The highest BCUT2D eigenvalue weighted by Gasteiger charge is 2.43. The molecular formula is C14H20N2O2. The number of carbonyl (C=O) groups excluding carboxylic acids is 1. The Morgan fingerprint density at radius 2 is 2.00 bits per heavy atom. The van der Waals surface area contributed by atoms with Gasteiger partial charge >= 0.3 is 0 Å². The zero-order valence-corrected chi connectivity index (χ0v) is 10.7. The molecule has 1 aromatic heterocycles. The highest BCUT2D eigenvalue weighted by atomic mass is 16.3. The molecule has 0 radical (unpaired) electrons. The van der Waals surface area contributed by atoms with Crippen LogP contribution < -0.4 is 0 Å². The average Bonchev–Trinajstić information content (AvgIpc) is 3.00. The molecule has 1 amide bonds. The van der Waals surface area contributed by atoms with Gasteiger partial charge in [-0.15, -0.1) is 0 Å². The van der Waals surface area contributed by atoms with Crippen LogP contribution in [0.15, 0.2) is 18.5 Å². The number of H-pyrrole nitrogens is 1. The molecule has 4 nitrogen and oxygen atoms in total. The van der Waals surface area contributed by atoms with E-state index in [1.807, 2.05) is 18.0 Å². The Hall–Kier alpha value is -1.29. The molecule has 3 rings (SSSR count). The lowest BCUT2D eigenvalue weighted by Crippen LogP contribution is -2.35. The molecule has 2 fully saturated rings. The van der Waals surface area contributed by atoms with Crippen LogP contribution in [0.5, 0.6) is 0 Å². The van der Waals surface area contributed by atoms with Gasteiger partial charge in [0.2, 0.25) is 0 Å². The summed E-state index contributed by atoms with van der Waals surface area (Å²) in [5.41, 5.74) is 0.731. The van der Waals surface area contributed by atoms with E-state index in [1.54, 1.807) is 12.4 Å². The van der Waals surface area contributed by atoms with Gasteiger partial charge in [0.25, 0.3) is 5.91 Å². The highest BCUT2D eigenvalue weighted by molar-refractivity contribution is 5.94. The van der Waals surface area contributed by atoms with E-state index in [4.69, 9.17) is 0 Å². The van der Waals surface area contributed by atoms with E-state index in [0.29, 0.717) is 17.9 Å². The number of aliphatic hydroxyl groups is 1. The zero-order chi connectivity index (χ0) is 12.7. The number of amides is 1. The molecule has 98 valence electrons. The predicted octanol–water partition coefficient (Wildman–Crippen LogP) is 1.64. The van der Waals surface area contributed by atoms with Crippen molar-refractivity contribution in [1.29, 1.82) is 0 Å². The summed E-state index contributed by atoms with van der Waals surface area (Å²) in [6, 6.07) is 2.16. The van der Waals surface area contributed by atoms with Crippen molar-refractivity contribution in [2.24, 2.45) is 11.8 Å². The van der Waals surface area contributed by atoms with Crippen molar-refractivity contribution in [2.45, 2.75) is 37.8 Å². The molecule has 4 atom stereocenters. The maximum atomic E-state index is 12.2. The number of rotatable bonds is 2. The van der Waals surface area contributed by atoms with Gasteiger partial charge in [0.15, 0.2) is 0 Å². The minimum atomic E-state index is -0.105. The second kappa shape index (κ2) is 4.43. The molecule has 0 aromatic carbocycles. The lowest BCUT2D eigenvalue weighted by atomic mass is 10.0.